The Bertz CT molecular complexity index is 1220. The molecule has 0 aliphatic heterocycles. The van der Waals surface area contributed by atoms with Crippen molar-refractivity contribution in [3.8, 4) is 10.4 Å². The van der Waals surface area contributed by atoms with Crippen LogP contribution in [0.2, 0.25) is 0 Å². The van der Waals surface area contributed by atoms with Crippen LogP contribution in [0.1, 0.15) is 5.56 Å². The third-order valence-corrected chi connectivity index (χ3v) is 6.48. The van der Waals surface area contributed by atoms with Gasteiger partial charge < -0.3 is 0 Å². The quantitative estimate of drug-likeness (QED) is 0.203. The summed E-state index contributed by atoms with van der Waals surface area (Å²) in [6.07, 6.45) is 0. The maximum atomic E-state index is 12.8. The van der Waals surface area contributed by atoms with Crippen LogP contribution in [0.5, 0.6) is 0 Å². The molecule has 0 unspecified atom stereocenters. The van der Waals surface area contributed by atoms with Crippen molar-refractivity contribution < 1.29 is 4.92 Å². The van der Waals surface area contributed by atoms with E-state index in [1.807, 2.05) is 36.4 Å². The minimum absolute atomic E-state index is 0.0627. The number of nitro benzene ring substituents is 1. The molecule has 0 bridgehead atoms. The van der Waals surface area contributed by atoms with E-state index in [1.165, 1.54) is 35.2 Å². The molecular weight excluding hydrogens is 394 g/mol. The number of nitro groups is 1. The van der Waals surface area contributed by atoms with Crippen LogP contribution in [-0.2, 0) is 12.8 Å². The molecule has 0 aliphatic carbocycles. The molecule has 0 saturated carbocycles. The first-order chi connectivity index (χ1) is 13.5. The van der Waals surface area contributed by atoms with Gasteiger partial charge in [0.15, 0.2) is 5.16 Å². The monoisotopic (exact) mass is 409 g/mol. The maximum absolute atomic E-state index is 12.8. The minimum atomic E-state index is -0.419. The highest BCUT2D eigenvalue weighted by Crippen LogP contribution is 2.32. The second kappa shape index (κ2) is 7.57. The third-order valence-electron chi connectivity index (χ3n) is 4.31. The lowest BCUT2D eigenvalue weighted by atomic mass is 10.2. The number of hydrogen-bond donors (Lipinski definition) is 0. The van der Waals surface area contributed by atoms with Crippen LogP contribution in [0.4, 0.5) is 5.69 Å². The minimum Gasteiger partial charge on any atom is -0.290 e. The molecule has 28 heavy (non-hydrogen) atoms. The Morgan fingerprint density at radius 1 is 1.14 bits per heavy atom. The normalized spacial score (nSPS) is 11.0. The van der Waals surface area contributed by atoms with Crippen LogP contribution in [0.15, 0.2) is 70.6 Å². The van der Waals surface area contributed by atoms with Crippen molar-refractivity contribution in [3.63, 3.8) is 0 Å². The molecule has 0 radical (unpaired) electrons. The van der Waals surface area contributed by atoms with Gasteiger partial charge in [0, 0.05) is 29.8 Å². The van der Waals surface area contributed by atoms with Crippen molar-refractivity contribution in [3.05, 3.63) is 86.7 Å². The average Bonchev–Trinajstić information content (AvgIpc) is 3.15. The van der Waals surface area contributed by atoms with Crippen LogP contribution in [0.25, 0.3) is 20.7 Å². The molecule has 0 saturated heterocycles. The van der Waals surface area contributed by atoms with Gasteiger partial charge in [0.1, 0.15) is 4.83 Å². The predicted octanol–water partition coefficient (Wildman–Crippen LogP) is 4.86. The smallest absolute Gasteiger partial charge is 0.269 e. The zero-order valence-corrected chi connectivity index (χ0v) is 16.5. The van der Waals surface area contributed by atoms with Gasteiger partial charge in [-0.15, -0.1) is 11.3 Å². The van der Waals surface area contributed by atoms with Gasteiger partial charge in [-0.05, 0) is 17.2 Å². The van der Waals surface area contributed by atoms with Gasteiger partial charge in [0.25, 0.3) is 11.2 Å². The van der Waals surface area contributed by atoms with Gasteiger partial charge in [0.2, 0.25) is 0 Å². The number of nitrogens with zero attached hydrogens (tertiary/aromatic N) is 3. The van der Waals surface area contributed by atoms with Crippen molar-refractivity contribution in [2.24, 2.45) is 7.05 Å². The van der Waals surface area contributed by atoms with Crippen molar-refractivity contribution in [2.45, 2.75) is 10.9 Å². The molecule has 0 aliphatic rings. The molecule has 140 valence electrons. The highest BCUT2D eigenvalue weighted by Gasteiger charge is 2.14. The molecule has 0 fully saturated rings. The Kier molecular flexibility index (Phi) is 4.97. The lowest BCUT2D eigenvalue weighted by Gasteiger charge is -2.06. The predicted molar refractivity (Wildman–Crippen MR) is 113 cm³/mol. The summed E-state index contributed by atoms with van der Waals surface area (Å²) in [6, 6.07) is 18.2. The second-order valence-corrected chi connectivity index (χ2v) is 8.14. The number of hydrogen-bond acceptors (Lipinski definition) is 6. The summed E-state index contributed by atoms with van der Waals surface area (Å²) >= 11 is 2.94. The fourth-order valence-electron chi connectivity index (χ4n) is 2.78. The van der Waals surface area contributed by atoms with E-state index in [1.54, 1.807) is 23.7 Å². The van der Waals surface area contributed by atoms with Crippen LogP contribution in [-0.4, -0.2) is 14.5 Å². The first-order valence-corrected chi connectivity index (χ1v) is 10.3. The van der Waals surface area contributed by atoms with Crippen molar-refractivity contribution in [1.82, 2.24) is 9.55 Å². The molecule has 6 nitrogen and oxygen atoms in total. The van der Waals surface area contributed by atoms with E-state index in [4.69, 9.17) is 0 Å². The van der Waals surface area contributed by atoms with E-state index in [-0.39, 0.29) is 11.2 Å². The number of non-ortho nitro benzene ring substituents is 1. The van der Waals surface area contributed by atoms with E-state index >= 15 is 0 Å². The third kappa shape index (κ3) is 3.56. The Balaban J connectivity index is 1.63. The van der Waals surface area contributed by atoms with Crippen molar-refractivity contribution >= 4 is 39.0 Å². The summed E-state index contributed by atoms with van der Waals surface area (Å²) in [7, 11) is 1.72. The van der Waals surface area contributed by atoms with Gasteiger partial charge in [-0.25, -0.2) is 4.98 Å². The SMILES string of the molecule is Cn1c(SCc2ccc([N+](=O)[O-])cc2)nc2sc(-c3ccccc3)cc2c1=O. The van der Waals surface area contributed by atoms with E-state index in [9.17, 15) is 14.9 Å². The van der Waals surface area contributed by atoms with Gasteiger partial charge in [-0.1, -0.05) is 54.2 Å². The van der Waals surface area contributed by atoms with Crippen molar-refractivity contribution in [1.29, 1.82) is 0 Å². The van der Waals surface area contributed by atoms with E-state index in [0.717, 1.165) is 16.0 Å². The van der Waals surface area contributed by atoms with E-state index in [2.05, 4.69) is 4.98 Å². The lowest BCUT2D eigenvalue weighted by molar-refractivity contribution is -0.384. The van der Waals surface area contributed by atoms with Crippen LogP contribution in [0.3, 0.4) is 0 Å². The molecule has 4 rings (SSSR count). The first-order valence-electron chi connectivity index (χ1n) is 8.45. The molecule has 8 heteroatoms. The fraction of sp³-hybridized carbons (Fsp3) is 0.100. The Hall–Kier alpha value is -2.97. The van der Waals surface area contributed by atoms with Crippen LogP contribution in [0, 0.1) is 10.1 Å². The second-order valence-electron chi connectivity index (χ2n) is 6.17. The maximum Gasteiger partial charge on any atom is 0.269 e. The summed E-state index contributed by atoms with van der Waals surface area (Å²) in [4.78, 5) is 29.5. The zero-order valence-electron chi connectivity index (χ0n) is 14.9. The molecule has 0 spiro atoms. The summed E-state index contributed by atoms with van der Waals surface area (Å²) in [6.45, 7) is 0. The molecule has 0 N–H and O–H groups in total. The van der Waals surface area contributed by atoms with E-state index in [0.29, 0.717) is 21.1 Å². The highest BCUT2D eigenvalue weighted by atomic mass is 32.2. The largest absolute Gasteiger partial charge is 0.290 e. The Morgan fingerprint density at radius 3 is 2.54 bits per heavy atom. The van der Waals surface area contributed by atoms with Crippen LogP contribution < -0.4 is 5.56 Å². The lowest BCUT2D eigenvalue weighted by Crippen LogP contribution is -2.19. The first kappa shape index (κ1) is 18.4. The highest BCUT2D eigenvalue weighted by molar-refractivity contribution is 7.98. The summed E-state index contributed by atoms with van der Waals surface area (Å²) in [5.41, 5.74) is 1.98. The number of thioether (sulfide) groups is 1. The summed E-state index contributed by atoms with van der Waals surface area (Å²) in [5, 5.41) is 12.0. The molecule has 4 aromatic rings. The summed E-state index contributed by atoms with van der Waals surface area (Å²) < 4.78 is 1.56. The van der Waals surface area contributed by atoms with Gasteiger partial charge in [-0.2, -0.15) is 0 Å². The number of fused-ring (bicyclic) bond motifs is 1. The Morgan fingerprint density at radius 2 is 1.86 bits per heavy atom. The molecule has 2 aromatic heterocycles. The summed E-state index contributed by atoms with van der Waals surface area (Å²) in [5.74, 6) is 0.570. The molecular formula is C20H15N3O3S2. The molecule has 0 amide bonds. The number of aromatic nitrogens is 2. The zero-order chi connectivity index (χ0) is 19.7. The molecule has 2 aromatic carbocycles. The van der Waals surface area contributed by atoms with Crippen LogP contribution >= 0.6 is 23.1 Å². The fourth-order valence-corrected chi connectivity index (χ4v) is 4.79. The number of thiophene rings is 1. The average molecular weight is 409 g/mol. The van der Waals surface area contributed by atoms with Crippen molar-refractivity contribution in [2.75, 3.05) is 0 Å². The van der Waals surface area contributed by atoms with Gasteiger partial charge in [0.05, 0.1) is 10.3 Å². The number of benzene rings is 2. The Labute approximate surface area is 168 Å². The molecule has 2 heterocycles. The number of rotatable bonds is 5. The topological polar surface area (TPSA) is 78.0 Å². The van der Waals surface area contributed by atoms with E-state index < -0.39 is 4.92 Å². The molecule has 0 atom stereocenters. The van der Waals surface area contributed by atoms with Gasteiger partial charge in [-0.3, -0.25) is 19.5 Å². The standard InChI is InChI=1S/C20H15N3O3S2/c1-22-19(24)16-11-17(14-5-3-2-4-6-14)28-18(16)21-20(22)27-12-13-7-9-15(10-8-13)23(25)26/h2-11H,12H2,1H3. The van der Waals surface area contributed by atoms with Gasteiger partial charge >= 0.3 is 0 Å².